The lowest BCUT2D eigenvalue weighted by molar-refractivity contribution is -0.113. The highest BCUT2D eigenvalue weighted by atomic mass is 32.2. The zero-order valence-corrected chi connectivity index (χ0v) is 16.4. The van der Waals surface area contributed by atoms with Gasteiger partial charge >= 0.3 is 0 Å². The van der Waals surface area contributed by atoms with Crippen molar-refractivity contribution in [3.8, 4) is 11.5 Å². The molecule has 26 heavy (non-hydrogen) atoms. The lowest BCUT2D eigenvalue weighted by atomic mass is 10.2. The Morgan fingerprint density at radius 1 is 1.04 bits per heavy atom. The molecule has 0 N–H and O–H groups in total. The van der Waals surface area contributed by atoms with Crippen LogP contribution in [-0.2, 0) is 4.79 Å². The Morgan fingerprint density at radius 3 is 2.23 bits per heavy atom. The average Bonchev–Trinajstić information content (AvgIpc) is 2.90. The van der Waals surface area contributed by atoms with E-state index in [4.69, 9.17) is 21.7 Å². The van der Waals surface area contributed by atoms with Gasteiger partial charge in [0.15, 0.2) is 4.32 Å². The summed E-state index contributed by atoms with van der Waals surface area (Å²) < 4.78 is 11.3. The van der Waals surface area contributed by atoms with Crippen molar-refractivity contribution < 1.29 is 14.3 Å². The van der Waals surface area contributed by atoms with E-state index in [0.29, 0.717) is 9.23 Å². The molecule has 0 saturated carbocycles. The van der Waals surface area contributed by atoms with E-state index in [2.05, 4.69) is 0 Å². The summed E-state index contributed by atoms with van der Waals surface area (Å²) in [6.07, 6.45) is 1.98. The molecule has 0 unspecified atom stereocenters. The highest BCUT2D eigenvalue weighted by molar-refractivity contribution is 8.27. The summed E-state index contributed by atoms with van der Waals surface area (Å²) in [6, 6.07) is 14.9. The normalized spacial score (nSPS) is 15.8. The Labute approximate surface area is 162 Å². The topological polar surface area (TPSA) is 38.8 Å². The van der Waals surface area contributed by atoms with Crippen molar-refractivity contribution in [2.75, 3.05) is 12.0 Å². The predicted octanol–water partition coefficient (Wildman–Crippen LogP) is 4.89. The summed E-state index contributed by atoms with van der Waals surface area (Å²) in [5.74, 6) is 1.43. The van der Waals surface area contributed by atoms with Crippen molar-refractivity contribution in [3.63, 3.8) is 0 Å². The number of rotatable bonds is 5. The number of carbonyl (C=O) groups excluding carboxylic acids is 1. The van der Waals surface area contributed by atoms with E-state index in [9.17, 15) is 4.79 Å². The Bertz CT molecular complexity index is 842. The van der Waals surface area contributed by atoms with Gasteiger partial charge in [-0.15, -0.1) is 0 Å². The van der Waals surface area contributed by atoms with E-state index in [1.165, 1.54) is 11.8 Å². The molecule has 0 bridgehead atoms. The molecular formula is C20H19NO3S2. The fraction of sp³-hybridized carbons (Fsp3) is 0.200. The minimum Gasteiger partial charge on any atom is -0.497 e. The molecule has 1 aliphatic rings. The van der Waals surface area contributed by atoms with Gasteiger partial charge in [0.05, 0.1) is 23.8 Å². The largest absolute Gasteiger partial charge is 0.497 e. The van der Waals surface area contributed by atoms with Crippen LogP contribution in [0.3, 0.4) is 0 Å². The second-order valence-electron chi connectivity index (χ2n) is 5.95. The molecule has 0 atom stereocenters. The summed E-state index contributed by atoms with van der Waals surface area (Å²) in [7, 11) is 1.61. The number of hydrogen-bond acceptors (Lipinski definition) is 5. The summed E-state index contributed by atoms with van der Waals surface area (Å²) >= 11 is 6.70. The van der Waals surface area contributed by atoms with E-state index in [1.807, 2.05) is 68.5 Å². The van der Waals surface area contributed by atoms with Gasteiger partial charge in [-0.2, -0.15) is 0 Å². The Balaban J connectivity index is 1.80. The fourth-order valence-electron chi connectivity index (χ4n) is 2.49. The minimum absolute atomic E-state index is 0.118. The van der Waals surface area contributed by atoms with Gasteiger partial charge in [0.25, 0.3) is 5.91 Å². The van der Waals surface area contributed by atoms with Crippen LogP contribution in [0.15, 0.2) is 53.4 Å². The van der Waals surface area contributed by atoms with Crippen LogP contribution in [0.25, 0.3) is 6.08 Å². The third-order valence-corrected chi connectivity index (χ3v) is 4.98. The molecule has 1 heterocycles. The molecule has 1 aliphatic heterocycles. The third-order valence-electron chi connectivity index (χ3n) is 3.67. The monoisotopic (exact) mass is 385 g/mol. The smallest absolute Gasteiger partial charge is 0.270 e. The molecule has 4 nitrogen and oxygen atoms in total. The second kappa shape index (κ2) is 7.93. The fourth-order valence-corrected chi connectivity index (χ4v) is 3.79. The van der Waals surface area contributed by atoms with Crippen molar-refractivity contribution in [3.05, 3.63) is 59.0 Å². The molecule has 3 rings (SSSR count). The van der Waals surface area contributed by atoms with Crippen LogP contribution < -0.4 is 14.4 Å². The molecule has 6 heteroatoms. The highest BCUT2D eigenvalue weighted by Gasteiger charge is 2.33. The molecule has 0 aliphatic carbocycles. The number of hydrogen-bond donors (Lipinski definition) is 0. The molecular weight excluding hydrogens is 366 g/mol. The Kier molecular flexibility index (Phi) is 5.64. The van der Waals surface area contributed by atoms with E-state index in [0.717, 1.165) is 22.7 Å². The first kappa shape index (κ1) is 18.5. The number of thioether (sulfide) groups is 1. The van der Waals surface area contributed by atoms with Gasteiger partial charge in [0.2, 0.25) is 0 Å². The Hall–Kier alpha value is -2.31. The van der Waals surface area contributed by atoms with Crippen molar-refractivity contribution in [1.82, 2.24) is 0 Å². The molecule has 0 aromatic heterocycles. The number of methoxy groups -OCH3 is 1. The molecule has 1 saturated heterocycles. The average molecular weight is 386 g/mol. The number of amides is 1. The first-order valence-electron chi connectivity index (χ1n) is 8.16. The number of nitrogens with zero attached hydrogens (tertiary/aromatic N) is 1. The van der Waals surface area contributed by atoms with Gasteiger partial charge in [-0.3, -0.25) is 9.69 Å². The molecule has 1 amide bonds. The maximum Gasteiger partial charge on any atom is 0.270 e. The Morgan fingerprint density at radius 2 is 1.65 bits per heavy atom. The van der Waals surface area contributed by atoms with E-state index >= 15 is 0 Å². The maximum absolute atomic E-state index is 12.8. The molecule has 2 aromatic rings. The zero-order chi connectivity index (χ0) is 18.7. The maximum atomic E-state index is 12.8. The van der Waals surface area contributed by atoms with Gasteiger partial charge in [-0.1, -0.05) is 36.1 Å². The van der Waals surface area contributed by atoms with Crippen molar-refractivity contribution in [2.24, 2.45) is 0 Å². The number of ether oxygens (including phenoxy) is 2. The standard InChI is InChI=1S/C20H19NO3S2/c1-13(2)24-17-8-4-14(5-9-17)12-18-19(22)21(20(25)26-18)15-6-10-16(23-3)11-7-15/h4-13H,1-3H3/b18-12+. The first-order chi connectivity index (χ1) is 12.5. The minimum atomic E-state index is -0.118. The summed E-state index contributed by atoms with van der Waals surface area (Å²) in [6.45, 7) is 3.97. The lowest BCUT2D eigenvalue weighted by Gasteiger charge is -2.14. The lowest BCUT2D eigenvalue weighted by Crippen LogP contribution is -2.27. The van der Waals surface area contributed by atoms with Crippen molar-refractivity contribution in [1.29, 1.82) is 0 Å². The van der Waals surface area contributed by atoms with Gasteiger partial charge in [-0.25, -0.2) is 0 Å². The van der Waals surface area contributed by atoms with Gasteiger partial charge < -0.3 is 9.47 Å². The second-order valence-corrected chi connectivity index (χ2v) is 7.63. The van der Waals surface area contributed by atoms with Crippen LogP contribution in [0, 0.1) is 0 Å². The molecule has 134 valence electrons. The quantitative estimate of drug-likeness (QED) is 0.541. The SMILES string of the molecule is COc1ccc(N2C(=O)/C(=C\c3ccc(OC(C)C)cc3)SC2=S)cc1. The van der Waals surface area contributed by atoms with E-state index < -0.39 is 0 Å². The van der Waals surface area contributed by atoms with Crippen LogP contribution in [0.4, 0.5) is 5.69 Å². The zero-order valence-electron chi connectivity index (χ0n) is 14.8. The van der Waals surface area contributed by atoms with Crippen LogP contribution >= 0.6 is 24.0 Å². The molecule has 0 radical (unpaired) electrons. The van der Waals surface area contributed by atoms with Gasteiger partial charge in [-0.05, 0) is 61.9 Å². The van der Waals surface area contributed by atoms with Gasteiger partial charge in [0.1, 0.15) is 11.5 Å². The summed E-state index contributed by atoms with van der Waals surface area (Å²) in [4.78, 5) is 14.9. The predicted molar refractivity (Wildman–Crippen MR) is 111 cm³/mol. The summed E-state index contributed by atoms with van der Waals surface area (Å²) in [5.41, 5.74) is 1.66. The van der Waals surface area contributed by atoms with Crippen LogP contribution in [0.5, 0.6) is 11.5 Å². The van der Waals surface area contributed by atoms with E-state index in [1.54, 1.807) is 12.0 Å². The van der Waals surface area contributed by atoms with Crippen LogP contribution in [0.2, 0.25) is 0 Å². The van der Waals surface area contributed by atoms with Crippen molar-refractivity contribution in [2.45, 2.75) is 20.0 Å². The van der Waals surface area contributed by atoms with E-state index in [-0.39, 0.29) is 12.0 Å². The first-order valence-corrected chi connectivity index (χ1v) is 9.39. The summed E-state index contributed by atoms with van der Waals surface area (Å²) in [5, 5.41) is 0. The number of carbonyl (C=O) groups is 1. The van der Waals surface area contributed by atoms with Crippen LogP contribution in [-0.4, -0.2) is 23.4 Å². The number of benzene rings is 2. The molecule has 1 fully saturated rings. The van der Waals surface area contributed by atoms with Gasteiger partial charge in [0, 0.05) is 0 Å². The van der Waals surface area contributed by atoms with Crippen LogP contribution in [0.1, 0.15) is 19.4 Å². The highest BCUT2D eigenvalue weighted by Crippen LogP contribution is 2.36. The number of thiocarbonyl (C=S) groups is 1. The number of anilines is 1. The third kappa shape index (κ3) is 4.08. The molecule has 0 spiro atoms. The molecule has 2 aromatic carbocycles. The van der Waals surface area contributed by atoms with Crippen molar-refractivity contribution >= 4 is 46.0 Å².